The summed E-state index contributed by atoms with van der Waals surface area (Å²) in [6.07, 6.45) is 3.03. The predicted octanol–water partition coefficient (Wildman–Crippen LogP) is 2.86. The summed E-state index contributed by atoms with van der Waals surface area (Å²) in [5.74, 6) is 0. The molecule has 0 unspecified atom stereocenters. The lowest BCUT2D eigenvalue weighted by Gasteiger charge is -2.04. The molecule has 2 aromatic rings. The molecule has 0 saturated heterocycles. The average molecular weight is 238 g/mol. The summed E-state index contributed by atoms with van der Waals surface area (Å²) in [4.78, 5) is 8.84. The van der Waals surface area contributed by atoms with E-state index in [9.17, 15) is 0 Å². The summed E-state index contributed by atoms with van der Waals surface area (Å²) in [7, 11) is 0. The summed E-state index contributed by atoms with van der Waals surface area (Å²) < 4.78 is 0. The van der Waals surface area contributed by atoms with Gasteiger partial charge in [-0.25, -0.2) is 9.97 Å². The van der Waals surface area contributed by atoms with Gasteiger partial charge in [0.05, 0.1) is 11.2 Å². The second kappa shape index (κ2) is 4.51. The van der Waals surface area contributed by atoms with Crippen molar-refractivity contribution in [3.8, 4) is 0 Å². The fourth-order valence-electron chi connectivity index (χ4n) is 1.05. The van der Waals surface area contributed by atoms with Gasteiger partial charge in [-0.1, -0.05) is 35.5 Å². The third kappa shape index (κ3) is 2.40. The van der Waals surface area contributed by atoms with E-state index in [0.717, 1.165) is 10.6 Å². The van der Waals surface area contributed by atoms with Crippen molar-refractivity contribution in [3.05, 3.63) is 41.8 Å². The van der Waals surface area contributed by atoms with Crippen LogP contribution in [0.25, 0.3) is 0 Å². The number of nitrogens with zero attached hydrogens (tertiary/aromatic N) is 2. The highest BCUT2D eigenvalue weighted by Gasteiger charge is 2.05. The Labute approximate surface area is 96.7 Å². The summed E-state index contributed by atoms with van der Waals surface area (Å²) in [6.45, 7) is 0. The number of hydrogen-bond donors (Lipinski definition) is 1. The first kappa shape index (κ1) is 10.3. The van der Waals surface area contributed by atoms with Crippen molar-refractivity contribution in [1.29, 1.82) is 0 Å². The summed E-state index contributed by atoms with van der Waals surface area (Å²) in [6, 6.07) is 7.59. The van der Waals surface area contributed by atoms with Gasteiger partial charge in [0.25, 0.3) is 0 Å². The van der Waals surface area contributed by atoms with E-state index in [0.29, 0.717) is 10.0 Å². The second-order valence-corrected chi connectivity index (χ2v) is 4.25. The normalized spacial score (nSPS) is 10.2. The molecule has 0 spiro atoms. The van der Waals surface area contributed by atoms with Gasteiger partial charge in [-0.05, 0) is 12.1 Å². The topological polar surface area (TPSA) is 51.8 Å². The molecule has 1 aromatic carbocycles. The van der Waals surface area contributed by atoms with E-state index in [2.05, 4.69) is 9.97 Å². The molecular formula is C10H8ClN3S. The first-order valence-electron chi connectivity index (χ1n) is 4.25. The molecule has 1 aromatic heterocycles. The Morgan fingerprint density at radius 1 is 1.27 bits per heavy atom. The van der Waals surface area contributed by atoms with Gasteiger partial charge in [0.2, 0.25) is 0 Å². The number of nitrogens with two attached hydrogens (primary N) is 1. The largest absolute Gasteiger partial charge is 0.398 e. The molecule has 0 saturated carbocycles. The van der Waals surface area contributed by atoms with Crippen molar-refractivity contribution in [2.75, 3.05) is 5.73 Å². The van der Waals surface area contributed by atoms with Gasteiger partial charge >= 0.3 is 0 Å². The van der Waals surface area contributed by atoms with E-state index in [-0.39, 0.29) is 0 Å². The molecule has 0 bridgehead atoms. The zero-order valence-corrected chi connectivity index (χ0v) is 9.29. The maximum absolute atomic E-state index is 5.94. The molecule has 0 radical (unpaired) electrons. The lowest BCUT2D eigenvalue weighted by atomic mass is 10.3. The number of nitrogen functional groups attached to an aromatic ring is 1. The van der Waals surface area contributed by atoms with Gasteiger partial charge < -0.3 is 5.73 Å². The maximum atomic E-state index is 5.94. The molecule has 2 N–H and O–H groups in total. The second-order valence-electron chi connectivity index (χ2n) is 2.82. The van der Waals surface area contributed by atoms with Gasteiger partial charge in [0, 0.05) is 10.6 Å². The molecule has 0 aliphatic carbocycles. The van der Waals surface area contributed by atoms with Crippen LogP contribution in [0, 0.1) is 0 Å². The van der Waals surface area contributed by atoms with Gasteiger partial charge in [0.15, 0.2) is 0 Å². The fourth-order valence-corrected chi connectivity index (χ4v) is 2.07. The lowest BCUT2D eigenvalue weighted by molar-refractivity contribution is 1.05. The van der Waals surface area contributed by atoms with Crippen LogP contribution < -0.4 is 5.73 Å². The van der Waals surface area contributed by atoms with Crippen LogP contribution in [0.2, 0.25) is 5.02 Å². The Bertz CT molecular complexity index is 432. The number of anilines is 1. The summed E-state index contributed by atoms with van der Waals surface area (Å²) in [5.41, 5.74) is 6.53. The third-order valence-electron chi connectivity index (χ3n) is 1.76. The van der Waals surface area contributed by atoms with Gasteiger partial charge in [-0.3, -0.25) is 0 Å². The lowest BCUT2D eigenvalue weighted by Crippen LogP contribution is -1.89. The zero-order chi connectivity index (χ0) is 10.7. The highest BCUT2D eigenvalue weighted by molar-refractivity contribution is 7.99. The Morgan fingerprint density at radius 3 is 2.80 bits per heavy atom. The monoisotopic (exact) mass is 237 g/mol. The van der Waals surface area contributed by atoms with Crippen LogP contribution in [0.3, 0.4) is 0 Å². The van der Waals surface area contributed by atoms with Crippen LogP contribution in [0.15, 0.2) is 46.7 Å². The number of para-hydroxylation sites is 1. The molecule has 0 aliphatic heterocycles. The van der Waals surface area contributed by atoms with E-state index in [1.54, 1.807) is 6.20 Å². The molecular weight excluding hydrogens is 230 g/mol. The molecule has 1 heterocycles. The van der Waals surface area contributed by atoms with E-state index < -0.39 is 0 Å². The van der Waals surface area contributed by atoms with E-state index in [4.69, 9.17) is 17.3 Å². The third-order valence-corrected chi connectivity index (χ3v) is 3.26. The highest BCUT2D eigenvalue weighted by atomic mass is 35.5. The average Bonchev–Trinajstić information content (AvgIpc) is 2.24. The van der Waals surface area contributed by atoms with Crippen LogP contribution in [-0.4, -0.2) is 9.97 Å². The molecule has 15 heavy (non-hydrogen) atoms. The number of hydrogen-bond acceptors (Lipinski definition) is 4. The van der Waals surface area contributed by atoms with Crippen molar-refractivity contribution in [3.63, 3.8) is 0 Å². The van der Waals surface area contributed by atoms with Gasteiger partial charge in [-0.2, -0.15) is 0 Å². The standard InChI is InChI=1S/C10H8ClN3S/c11-7-5-13-6-14-10(7)15-9-4-2-1-3-8(9)12/h1-6H,12H2. The SMILES string of the molecule is Nc1ccccc1Sc1ncncc1Cl. The molecule has 2 rings (SSSR count). The van der Waals surface area contributed by atoms with Crippen LogP contribution in [0.1, 0.15) is 0 Å². The van der Waals surface area contributed by atoms with E-state index in [1.807, 2.05) is 24.3 Å². The van der Waals surface area contributed by atoms with E-state index >= 15 is 0 Å². The molecule has 76 valence electrons. The minimum atomic E-state index is 0.533. The van der Waals surface area contributed by atoms with Crippen LogP contribution in [0.4, 0.5) is 5.69 Å². The Kier molecular flexibility index (Phi) is 3.08. The highest BCUT2D eigenvalue weighted by Crippen LogP contribution is 2.33. The zero-order valence-electron chi connectivity index (χ0n) is 7.72. The molecule has 0 amide bonds. The van der Waals surface area contributed by atoms with Crippen molar-refractivity contribution >= 4 is 29.1 Å². The summed E-state index contributed by atoms with van der Waals surface area (Å²) >= 11 is 7.37. The van der Waals surface area contributed by atoms with Crippen molar-refractivity contribution in [2.45, 2.75) is 9.92 Å². The molecule has 0 atom stereocenters. The quantitative estimate of drug-likeness (QED) is 0.645. The van der Waals surface area contributed by atoms with Crippen molar-refractivity contribution in [1.82, 2.24) is 9.97 Å². The van der Waals surface area contributed by atoms with Crippen molar-refractivity contribution in [2.24, 2.45) is 0 Å². The smallest absolute Gasteiger partial charge is 0.123 e. The molecule has 0 fully saturated rings. The van der Waals surface area contributed by atoms with E-state index in [1.165, 1.54) is 18.1 Å². The number of halogens is 1. The Hall–Kier alpha value is -1.26. The van der Waals surface area contributed by atoms with Crippen molar-refractivity contribution < 1.29 is 0 Å². The Morgan fingerprint density at radius 2 is 2.07 bits per heavy atom. The first-order chi connectivity index (χ1) is 7.27. The van der Waals surface area contributed by atoms with Crippen LogP contribution in [0.5, 0.6) is 0 Å². The van der Waals surface area contributed by atoms with Gasteiger partial charge in [0.1, 0.15) is 11.4 Å². The predicted molar refractivity (Wildman–Crippen MR) is 62.0 cm³/mol. The maximum Gasteiger partial charge on any atom is 0.123 e. The molecule has 3 nitrogen and oxygen atoms in total. The summed E-state index contributed by atoms with van der Waals surface area (Å²) in [5, 5.41) is 1.25. The molecule has 0 aliphatic rings. The number of benzene rings is 1. The fraction of sp³-hybridized carbons (Fsp3) is 0. The van der Waals surface area contributed by atoms with Gasteiger partial charge in [-0.15, -0.1) is 0 Å². The minimum absolute atomic E-state index is 0.533. The number of rotatable bonds is 2. The first-order valence-corrected chi connectivity index (χ1v) is 5.44. The molecule has 5 heteroatoms. The Balaban J connectivity index is 2.30. The van der Waals surface area contributed by atoms with Crippen LogP contribution in [-0.2, 0) is 0 Å². The number of aromatic nitrogens is 2. The minimum Gasteiger partial charge on any atom is -0.398 e. The van der Waals surface area contributed by atoms with Crippen LogP contribution >= 0.6 is 23.4 Å².